The second-order valence-electron chi connectivity index (χ2n) is 4.63. The second kappa shape index (κ2) is 6.49. The quantitative estimate of drug-likeness (QED) is 0.792. The standard InChI is InChI=1S/C16H12ClFN4/c17-13-2-1-11(7-14(13)18)8-21-16-10-20-9-15(22-16)12-3-5-19-6-4-12/h1-7,9-10H,8H2,(H,21,22). The van der Waals surface area contributed by atoms with Crippen molar-refractivity contribution in [1.29, 1.82) is 0 Å². The van der Waals surface area contributed by atoms with E-state index in [1.807, 2.05) is 12.1 Å². The summed E-state index contributed by atoms with van der Waals surface area (Å²) in [5.74, 6) is 0.183. The molecule has 3 aromatic rings. The van der Waals surface area contributed by atoms with E-state index in [2.05, 4.69) is 20.3 Å². The molecule has 2 aromatic heterocycles. The van der Waals surface area contributed by atoms with E-state index >= 15 is 0 Å². The smallest absolute Gasteiger partial charge is 0.145 e. The lowest BCUT2D eigenvalue weighted by molar-refractivity contribution is 0.626. The van der Waals surface area contributed by atoms with Crippen LogP contribution in [0.5, 0.6) is 0 Å². The summed E-state index contributed by atoms with van der Waals surface area (Å²) in [6, 6.07) is 8.42. The van der Waals surface area contributed by atoms with Gasteiger partial charge in [0.05, 0.1) is 23.1 Å². The van der Waals surface area contributed by atoms with E-state index in [0.717, 1.165) is 16.8 Å². The van der Waals surface area contributed by atoms with Crippen molar-refractivity contribution in [3.05, 3.63) is 71.5 Å². The summed E-state index contributed by atoms with van der Waals surface area (Å²) >= 11 is 5.66. The van der Waals surface area contributed by atoms with Gasteiger partial charge in [0.15, 0.2) is 0 Å². The minimum absolute atomic E-state index is 0.114. The van der Waals surface area contributed by atoms with E-state index in [4.69, 9.17) is 11.6 Å². The van der Waals surface area contributed by atoms with Crippen LogP contribution in [0.1, 0.15) is 5.56 Å². The Balaban J connectivity index is 1.74. The number of anilines is 1. The first kappa shape index (κ1) is 14.4. The van der Waals surface area contributed by atoms with Crippen molar-refractivity contribution in [2.24, 2.45) is 0 Å². The highest BCUT2D eigenvalue weighted by molar-refractivity contribution is 6.30. The Kier molecular flexibility index (Phi) is 4.25. The van der Waals surface area contributed by atoms with Crippen LogP contribution < -0.4 is 5.32 Å². The molecular weight excluding hydrogens is 303 g/mol. The Morgan fingerprint density at radius 1 is 1.05 bits per heavy atom. The highest BCUT2D eigenvalue weighted by Gasteiger charge is 2.04. The fraction of sp³-hybridized carbons (Fsp3) is 0.0625. The van der Waals surface area contributed by atoms with Crippen LogP contribution in [0, 0.1) is 5.82 Å². The molecule has 0 unspecified atom stereocenters. The number of benzene rings is 1. The maximum absolute atomic E-state index is 13.4. The van der Waals surface area contributed by atoms with E-state index in [1.165, 1.54) is 12.1 Å². The second-order valence-corrected chi connectivity index (χ2v) is 5.03. The SMILES string of the molecule is Fc1cc(CNc2cncc(-c3ccncc3)n2)ccc1Cl. The minimum atomic E-state index is -0.433. The maximum atomic E-state index is 13.4. The molecule has 0 aliphatic carbocycles. The van der Waals surface area contributed by atoms with Crippen molar-refractivity contribution in [2.75, 3.05) is 5.32 Å². The summed E-state index contributed by atoms with van der Waals surface area (Å²) < 4.78 is 13.4. The Labute approximate surface area is 132 Å². The van der Waals surface area contributed by atoms with Gasteiger partial charge >= 0.3 is 0 Å². The molecular formula is C16H12ClFN4. The first-order valence-corrected chi connectivity index (χ1v) is 7.00. The van der Waals surface area contributed by atoms with Crippen molar-refractivity contribution < 1.29 is 4.39 Å². The zero-order valence-electron chi connectivity index (χ0n) is 11.5. The molecule has 0 aliphatic rings. The molecule has 3 rings (SSSR count). The predicted molar refractivity (Wildman–Crippen MR) is 84.0 cm³/mol. The topological polar surface area (TPSA) is 50.7 Å². The van der Waals surface area contributed by atoms with Crippen molar-refractivity contribution >= 4 is 17.4 Å². The van der Waals surface area contributed by atoms with Crippen molar-refractivity contribution in [3.63, 3.8) is 0 Å². The average molecular weight is 315 g/mol. The van der Waals surface area contributed by atoms with Gasteiger partial charge in [-0.25, -0.2) is 9.37 Å². The van der Waals surface area contributed by atoms with Crippen LogP contribution in [0.15, 0.2) is 55.1 Å². The molecule has 2 heterocycles. The van der Waals surface area contributed by atoms with Crippen LogP contribution in [-0.4, -0.2) is 15.0 Å². The lowest BCUT2D eigenvalue weighted by Gasteiger charge is -2.07. The van der Waals surface area contributed by atoms with Crippen LogP contribution in [0.2, 0.25) is 5.02 Å². The van der Waals surface area contributed by atoms with Crippen LogP contribution >= 0.6 is 11.6 Å². The summed E-state index contributed by atoms with van der Waals surface area (Å²) in [6.07, 6.45) is 6.71. The highest BCUT2D eigenvalue weighted by Crippen LogP contribution is 2.18. The lowest BCUT2D eigenvalue weighted by atomic mass is 10.2. The number of nitrogens with one attached hydrogen (secondary N) is 1. The molecule has 0 saturated carbocycles. The van der Waals surface area contributed by atoms with Crippen LogP contribution in [0.4, 0.5) is 10.2 Å². The molecule has 0 fully saturated rings. The molecule has 0 atom stereocenters. The van der Waals surface area contributed by atoms with Gasteiger partial charge < -0.3 is 5.32 Å². The van der Waals surface area contributed by atoms with Gasteiger partial charge in [-0.2, -0.15) is 0 Å². The zero-order valence-corrected chi connectivity index (χ0v) is 12.3. The molecule has 1 N–H and O–H groups in total. The summed E-state index contributed by atoms with van der Waals surface area (Å²) in [7, 11) is 0. The highest BCUT2D eigenvalue weighted by atomic mass is 35.5. The normalized spacial score (nSPS) is 10.5. The molecule has 4 nitrogen and oxygen atoms in total. The molecule has 1 aromatic carbocycles. The molecule has 0 bridgehead atoms. The molecule has 0 saturated heterocycles. The van der Waals surface area contributed by atoms with Gasteiger partial charge in [0.1, 0.15) is 11.6 Å². The minimum Gasteiger partial charge on any atom is -0.365 e. The fourth-order valence-corrected chi connectivity index (χ4v) is 2.07. The number of hydrogen-bond donors (Lipinski definition) is 1. The van der Waals surface area contributed by atoms with E-state index < -0.39 is 5.82 Å². The number of halogens is 2. The number of nitrogens with zero attached hydrogens (tertiary/aromatic N) is 3. The third-order valence-electron chi connectivity index (χ3n) is 3.07. The van der Waals surface area contributed by atoms with Gasteiger partial charge in [-0.05, 0) is 29.8 Å². The Hall–Kier alpha value is -2.53. The zero-order chi connectivity index (χ0) is 15.4. The monoisotopic (exact) mass is 314 g/mol. The largest absolute Gasteiger partial charge is 0.365 e. The van der Waals surface area contributed by atoms with Gasteiger partial charge in [0.2, 0.25) is 0 Å². The van der Waals surface area contributed by atoms with Gasteiger partial charge in [-0.1, -0.05) is 17.7 Å². The Morgan fingerprint density at radius 3 is 2.64 bits per heavy atom. The predicted octanol–water partition coefficient (Wildman–Crippen LogP) is 3.94. The molecule has 6 heteroatoms. The Morgan fingerprint density at radius 2 is 1.86 bits per heavy atom. The number of pyridine rings is 1. The molecule has 110 valence electrons. The molecule has 0 aliphatic heterocycles. The molecule has 0 radical (unpaired) electrons. The van der Waals surface area contributed by atoms with Crippen LogP contribution in [0.25, 0.3) is 11.3 Å². The summed E-state index contributed by atoms with van der Waals surface area (Å²) in [6.45, 7) is 0.433. The Bertz CT molecular complexity index is 780. The summed E-state index contributed by atoms with van der Waals surface area (Å²) in [4.78, 5) is 12.6. The van der Waals surface area contributed by atoms with Crippen molar-refractivity contribution in [1.82, 2.24) is 15.0 Å². The van der Waals surface area contributed by atoms with E-state index in [0.29, 0.717) is 12.4 Å². The van der Waals surface area contributed by atoms with Crippen molar-refractivity contribution in [2.45, 2.75) is 6.54 Å². The van der Waals surface area contributed by atoms with Crippen molar-refractivity contribution in [3.8, 4) is 11.3 Å². The third-order valence-corrected chi connectivity index (χ3v) is 3.37. The fourth-order valence-electron chi connectivity index (χ4n) is 1.96. The third kappa shape index (κ3) is 3.38. The molecule has 0 spiro atoms. The van der Waals surface area contributed by atoms with Gasteiger partial charge in [0, 0.05) is 24.5 Å². The van der Waals surface area contributed by atoms with Gasteiger partial charge in [0.25, 0.3) is 0 Å². The number of hydrogen-bond acceptors (Lipinski definition) is 4. The van der Waals surface area contributed by atoms with E-state index in [-0.39, 0.29) is 5.02 Å². The van der Waals surface area contributed by atoms with Gasteiger partial charge in [-0.3, -0.25) is 9.97 Å². The van der Waals surface area contributed by atoms with Gasteiger partial charge in [-0.15, -0.1) is 0 Å². The summed E-state index contributed by atoms with van der Waals surface area (Å²) in [5.41, 5.74) is 2.45. The summed E-state index contributed by atoms with van der Waals surface area (Å²) in [5, 5.41) is 3.23. The molecule has 0 amide bonds. The first-order chi connectivity index (χ1) is 10.7. The lowest BCUT2D eigenvalue weighted by Crippen LogP contribution is -2.03. The number of rotatable bonds is 4. The van der Waals surface area contributed by atoms with Crippen LogP contribution in [0.3, 0.4) is 0 Å². The van der Waals surface area contributed by atoms with Crippen LogP contribution in [-0.2, 0) is 6.54 Å². The average Bonchev–Trinajstić information content (AvgIpc) is 2.57. The van der Waals surface area contributed by atoms with E-state index in [9.17, 15) is 4.39 Å². The number of aromatic nitrogens is 3. The molecule has 22 heavy (non-hydrogen) atoms. The van der Waals surface area contributed by atoms with E-state index in [1.54, 1.807) is 30.9 Å². The first-order valence-electron chi connectivity index (χ1n) is 6.62. The maximum Gasteiger partial charge on any atom is 0.145 e.